The van der Waals surface area contributed by atoms with Gasteiger partial charge in [-0.1, -0.05) is 27.7 Å². The van der Waals surface area contributed by atoms with Crippen LogP contribution in [-0.4, -0.2) is 61.3 Å². The van der Waals surface area contributed by atoms with Crippen LogP contribution >= 0.6 is 0 Å². The molecular weight excluding hydrogens is 507 g/mol. The van der Waals surface area contributed by atoms with Crippen LogP contribution in [0.3, 0.4) is 0 Å². The van der Waals surface area contributed by atoms with Crippen LogP contribution < -0.4 is 10.6 Å². The van der Waals surface area contributed by atoms with Crippen LogP contribution in [0.5, 0.6) is 0 Å². The molecule has 0 aromatic carbocycles. The molecule has 2 atom stereocenters. The minimum Gasteiger partial charge on any atom is -0.364 e. The molecule has 1 saturated carbocycles. The van der Waals surface area contributed by atoms with Gasteiger partial charge in [0.15, 0.2) is 0 Å². The minimum absolute atomic E-state index is 0.0330. The molecule has 2 fully saturated rings. The van der Waals surface area contributed by atoms with E-state index in [2.05, 4.69) is 46.8 Å². The number of amides is 1. The number of aromatic nitrogens is 5. The Morgan fingerprint density at radius 2 is 1.98 bits per heavy atom. The molecule has 0 spiro atoms. The SMILES string of the molecule is CC1CC(c2cncc(N3CC(C)(C)c4nc(C(N)=O)cc(CN5CC[C@H](F)[C@H](C)C5)c43)c2)(c2nncn2C)C1. The molecule has 0 bridgehead atoms. The summed E-state index contributed by atoms with van der Waals surface area (Å²) < 4.78 is 16.3. The lowest BCUT2D eigenvalue weighted by molar-refractivity contribution is 0.0926. The number of halogens is 1. The largest absolute Gasteiger partial charge is 0.364 e. The Bertz CT molecular complexity index is 1450. The van der Waals surface area contributed by atoms with Crippen molar-refractivity contribution in [2.75, 3.05) is 24.5 Å². The summed E-state index contributed by atoms with van der Waals surface area (Å²) in [6, 6.07) is 4.06. The number of carbonyl (C=O) groups is 1. The zero-order valence-electron chi connectivity index (χ0n) is 24.1. The summed E-state index contributed by atoms with van der Waals surface area (Å²) in [6.45, 7) is 11.2. The van der Waals surface area contributed by atoms with Crippen LogP contribution in [0.25, 0.3) is 0 Å². The third kappa shape index (κ3) is 4.36. The Kier molecular flexibility index (Phi) is 6.44. The second kappa shape index (κ2) is 9.61. The van der Waals surface area contributed by atoms with Crippen LogP contribution in [0, 0.1) is 11.8 Å². The fraction of sp³-hybridized carbons (Fsp3) is 0.567. The number of alkyl halides is 1. The Morgan fingerprint density at radius 1 is 1.20 bits per heavy atom. The number of primary amides is 1. The predicted octanol–water partition coefficient (Wildman–Crippen LogP) is 4.03. The van der Waals surface area contributed by atoms with Crippen molar-refractivity contribution >= 4 is 17.3 Å². The number of rotatable bonds is 6. The molecule has 2 aliphatic heterocycles. The number of hydrogen-bond donors (Lipinski definition) is 1. The Labute approximate surface area is 235 Å². The lowest BCUT2D eigenvalue weighted by atomic mass is 9.59. The van der Waals surface area contributed by atoms with Gasteiger partial charge in [0.05, 0.1) is 28.7 Å². The minimum atomic E-state index is -0.778. The zero-order valence-corrected chi connectivity index (χ0v) is 24.1. The molecule has 1 saturated heterocycles. The Hall–Kier alpha value is -3.40. The van der Waals surface area contributed by atoms with Gasteiger partial charge in [-0.15, -0.1) is 10.2 Å². The van der Waals surface area contributed by atoms with Crippen molar-refractivity contribution < 1.29 is 9.18 Å². The quantitative estimate of drug-likeness (QED) is 0.498. The molecule has 3 aliphatic rings. The van der Waals surface area contributed by atoms with Crippen LogP contribution in [0.15, 0.2) is 30.9 Å². The number of nitrogens with zero attached hydrogens (tertiary/aromatic N) is 7. The lowest BCUT2D eigenvalue weighted by Gasteiger charge is -2.46. The van der Waals surface area contributed by atoms with Crippen molar-refractivity contribution in [3.8, 4) is 0 Å². The summed E-state index contributed by atoms with van der Waals surface area (Å²) in [5, 5.41) is 8.69. The van der Waals surface area contributed by atoms with E-state index < -0.39 is 12.1 Å². The van der Waals surface area contributed by atoms with Gasteiger partial charge in [-0.3, -0.25) is 14.7 Å². The predicted molar refractivity (Wildman–Crippen MR) is 151 cm³/mol. The van der Waals surface area contributed by atoms with Gasteiger partial charge in [0.25, 0.3) is 5.91 Å². The van der Waals surface area contributed by atoms with Gasteiger partial charge in [-0.05, 0) is 48.4 Å². The van der Waals surface area contributed by atoms with E-state index >= 15 is 0 Å². The maximum absolute atomic E-state index is 14.3. The van der Waals surface area contributed by atoms with Crippen molar-refractivity contribution in [1.29, 1.82) is 0 Å². The first-order valence-corrected chi connectivity index (χ1v) is 14.3. The van der Waals surface area contributed by atoms with Crippen molar-refractivity contribution in [2.24, 2.45) is 24.6 Å². The lowest BCUT2D eigenvalue weighted by Crippen LogP contribution is -2.43. The van der Waals surface area contributed by atoms with Crippen LogP contribution in [0.1, 0.15) is 80.1 Å². The molecule has 10 heteroatoms. The van der Waals surface area contributed by atoms with E-state index in [9.17, 15) is 9.18 Å². The standard InChI is InChI=1S/C30H39FN8O/c1-18-10-30(11-18,28-36-34-17-37(28)5)21-9-22(13-33-12-21)39-16-29(3,4)26-25(39)20(8-24(35-26)27(32)40)15-38-7-6-23(31)19(2)14-38/h8-9,12-13,17-19,23H,6-7,10-11,14-16H2,1-5H3,(H2,32,40)/t18?,19-,23+,30?/m1/s1. The first-order valence-electron chi connectivity index (χ1n) is 14.3. The summed E-state index contributed by atoms with van der Waals surface area (Å²) in [4.78, 5) is 26.4. The number of piperidine rings is 1. The van der Waals surface area contributed by atoms with Crippen molar-refractivity contribution in [3.63, 3.8) is 0 Å². The molecule has 0 radical (unpaired) electrons. The van der Waals surface area contributed by atoms with Gasteiger partial charge in [0, 0.05) is 50.8 Å². The van der Waals surface area contributed by atoms with Gasteiger partial charge in [-0.25, -0.2) is 9.37 Å². The third-order valence-corrected chi connectivity index (χ3v) is 9.19. The summed E-state index contributed by atoms with van der Waals surface area (Å²) in [5.41, 5.74) is 10.4. The highest BCUT2D eigenvalue weighted by Gasteiger charge is 2.49. The van der Waals surface area contributed by atoms with Crippen molar-refractivity contribution in [2.45, 2.75) is 70.5 Å². The summed E-state index contributed by atoms with van der Waals surface area (Å²) in [6.07, 6.45) is 7.35. The van der Waals surface area contributed by atoms with Crippen LogP contribution in [0.2, 0.25) is 0 Å². The van der Waals surface area contributed by atoms with E-state index in [-0.39, 0.29) is 22.4 Å². The van der Waals surface area contributed by atoms with Gasteiger partial charge in [0.1, 0.15) is 24.0 Å². The molecule has 212 valence electrons. The van der Waals surface area contributed by atoms with Crippen LogP contribution in [-0.2, 0) is 24.4 Å². The number of fused-ring (bicyclic) bond motifs is 1. The highest BCUT2D eigenvalue weighted by Crippen LogP contribution is 2.53. The molecule has 9 nitrogen and oxygen atoms in total. The van der Waals surface area contributed by atoms with Gasteiger partial charge < -0.3 is 15.2 Å². The topological polar surface area (TPSA) is 106 Å². The Balaban J connectivity index is 1.43. The number of anilines is 2. The average molecular weight is 547 g/mol. The summed E-state index contributed by atoms with van der Waals surface area (Å²) in [5.74, 6) is 0.980. The number of nitrogens with two attached hydrogens (primary N) is 1. The molecule has 2 N–H and O–H groups in total. The number of aryl methyl sites for hydroxylation is 1. The fourth-order valence-corrected chi connectivity index (χ4v) is 7.20. The Morgan fingerprint density at radius 3 is 2.62 bits per heavy atom. The third-order valence-electron chi connectivity index (χ3n) is 9.19. The maximum atomic E-state index is 14.3. The molecule has 40 heavy (non-hydrogen) atoms. The molecular formula is C30H39FN8O. The fourth-order valence-electron chi connectivity index (χ4n) is 7.20. The van der Waals surface area contributed by atoms with E-state index in [0.29, 0.717) is 38.5 Å². The molecule has 5 heterocycles. The van der Waals surface area contributed by atoms with Gasteiger partial charge in [0.2, 0.25) is 0 Å². The van der Waals surface area contributed by atoms with Gasteiger partial charge in [-0.2, -0.15) is 0 Å². The van der Waals surface area contributed by atoms with Gasteiger partial charge >= 0.3 is 0 Å². The van der Waals surface area contributed by atoms with E-state index in [4.69, 9.17) is 15.7 Å². The first kappa shape index (κ1) is 26.8. The summed E-state index contributed by atoms with van der Waals surface area (Å²) >= 11 is 0. The van der Waals surface area contributed by atoms with E-state index in [1.807, 2.05) is 37.0 Å². The highest BCUT2D eigenvalue weighted by atomic mass is 19.1. The van der Waals surface area contributed by atoms with E-state index in [1.54, 1.807) is 6.33 Å². The van der Waals surface area contributed by atoms with Crippen LogP contribution in [0.4, 0.5) is 15.8 Å². The molecule has 3 aromatic rings. The molecule has 6 rings (SSSR count). The average Bonchev–Trinajstić information content (AvgIpc) is 3.44. The number of carbonyl (C=O) groups excluding carboxylic acids is 1. The second-order valence-corrected chi connectivity index (χ2v) is 13.0. The number of pyridine rings is 2. The van der Waals surface area contributed by atoms with Crippen molar-refractivity contribution in [1.82, 2.24) is 29.6 Å². The molecule has 0 unspecified atom stereocenters. The smallest absolute Gasteiger partial charge is 0.267 e. The normalized spacial score (nSPS) is 27.9. The van der Waals surface area contributed by atoms with E-state index in [1.165, 1.54) is 0 Å². The molecule has 1 amide bonds. The number of hydrogen-bond acceptors (Lipinski definition) is 7. The summed E-state index contributed by atoms with van der Waals surface area (Å²) in [7, 11) is 2.00. The number of likely N-dealkylation sites (tertiary alicyclic amines) is 1. The maximum Gasteiger partial charge on any atom is 0.267 e. The van der Waals surface area contributed by atoms with E-state index in [0.717, 1.165) is 46.9 Å². The monoisotopic (exact) mass is 546 g/mol. The molecule has 3 aromatic heterocycles. The molecule has 1 aliphatic carbocycles. The first-order chi connectivity index (χ1) is 19.0. The zero-order chi connectivity index (χ0) is 28.4. The van der Waals surface area contributed by atoms with Crippen molar-refractivity contribution in [3.05, 3.63) is 59.2 Å². The highest BCUT2D eigenvalue weighted by molar-refractivity contribution is 5.92. The second-order valence-electron chi connectivity index (χ2n) is 13.0.